The molecule has 134 heavy (non-hydrogen) atoms. The van der Waals surface area contributed by atoms with Gasteiger partial charge in [-0.15, -0.1) is 10.2 Å². The van der Waals surface area contributed by atoms with Gasteiger partial charge in [0, 0.05) is 158 Å². The summed E-state index contributed by atoms with van der Waals surface area (Å²) in [4.78, 5) is 126. The van der Waals surface area contributed by atoms with Gasteiger partial charge in [0.2, 0.25) is 23.5 Å². The van der Waals surface area contributed by atoms with Crippen LogP contribution >= 0.6 is 0 Å². The number of oxazole rings is 1. The number of benzene rings is 2. The maximum Gasteiger partial charge on any atom is 0.329 e. The number of nitrogens with two attached hydrogens (primary N) is 3. The van der Waals surface area contributed by atoms with Crippen molar-refractivity contribution in [1.29, 1.82) is 0 Å². The van der Waals surface area contributed by atoms with Crippen LogP contribution in [0.3, 0.4) is 0 Å². The van der Waals surface area contributed by atoms with Gasteiger partial charge in [-0.2, -0.15) is 10.1 Å². The van der Waals surface area contributed by atoms with Crippen molar-refractivity contribution < 1.29 is 86.1 Å². The van der Waals surface area contributed by atoms with Gasteiger partial charge in [0.25, 0.3) is 17.7 Å². The number of aromatic nitrogens is 13. The Hall–Kier alpha value is -11.3. The lowest BCUT2D eigenvalue weighted by atomic mass is 9.79. The average molecular weight is 1850 g/mol. The van der Waals surface area contributed by atoms with Crippen LogP contribution in [0.15, 0.2) is 126 Å². The van der Waals surface area contributed by atoms with Crippen LogP contribution in [0.1, 0.15) is 156 Å². The molecule has 6 aromatic heterocycles. The number of unbranched alkanes of at least 4 members (excludes halogenated alkanes) is 1. The predicted molar refractivity (Wildman–Crippen MR) is 497 cm³/mol. The third-order valence-corrected chi connectivity index (χ3v) is 26.4. The van der Waals surface area contributed by atoms with E-state index >= 15 is 0 Å². The van der Waals surface area contributed by atoms with Gasteiger partial charge in [-0.05, 0) is 144 Å². The van der Waals surface area contributed by atoms with Crippen LogP contribution in [0.25, 0.3) is 55.8 Å². The van der Waals surface area contributed by atoms with Gasteiger partial charge in [0.1, 0.15) is 53.5 Å². The van der Waals surface area contributed by atoms with Crippen molar-refractivity contribution in [1.82, 2.24) is 79.8 Å². The number of aryl methyl sites for hydroxylation is 2. The third kappa shape index (κ3) is 25.6. The van der Waals surface area contributed by atoms with E-state index in [1.54, 1.807) is 82.0 Å². The summed E-state index contributed by atoms with van der Waals surface area (Å²) < 4.78 is 58.4. The van der Waals surface area contributed by atoms with E-state index in [0.29, 0.717) is 200 Å². The molecule has 2 bridgehead atoms. The molecule has 9 N–H and O–H groups in total. The number of Topliss-reactive ketones (excluding diaryl/α,β-unsaturated/α-hetero) is 3. The monoisotopic (exact) mass is 1850 g/mol. The van der Waals surface area contributed by atoms with Crippen LogP contribution in [-0.2, 0) is 91.0 Å². The van der Waals surface area contributed by atoms with Crippen LogP contribution in [0.4, 0.5) is 17.8 Å². The molecule has 1 aliphatic carbocycles. The number of amides is 3. The highest BCUT2D eigenvalue weighted by molar-refractivity contribution is 6.39. The molecule has 1 unspecified atom stereocenters. The topological polar surface area (TPSA) is 490 Å². The molecule has 38 nitrogen and oxygen atoms in total. The fraction of sp³-hybridized carbons (Fsp3) is 0.573. The molecular weight excluding hydrogens is 1720 g/mol. The van der Waals surface area contributed by atoms with Crippen LogP contribution in [-0.4, -0.2) is 280 Å². The molecule has 4 aliphatic heterocycles. The van der Waals surface area contributed by atoms with Crippen LogP contribution in [0.2, 0.25) is 0 Å². The summed E-state index contributed by atoms with van der Waals surface area (Å²) in [5, 5.41) is 50.0. The first-order valence-electron chi connectivity index (χ1n) is 46.8. The van der Waals surface area contributed by atoms with E-state index in [2.05, 4.69) is 45.8 Å². The number of nitrogens with one attached hydrogen (secondary N) is 1. The molecule has 8 aromatic rings. The number of allylic oxidation sites excluding steroid dienone is 6. The minimum absolute atomic E-state index is 0.0155. The Labute approximate surface area is 779 Å². The van der Waals surface area contributed by atoms with Gasteiger partial charge in [-0.1, -0.05) is 92.8 Å². The van der Waals surface area contributed by atoms with Gasteiger partial charge < -0.3 is 89.7 Å². The van der Waals surface area contributed by atoms with E-state index in [4.69, 9.17) is 74.6 Å². The van der Waals surface area contributed by atoms with Crippen molar-refractivity contribution >= 4 is 81.0 Å². The van der Waals surface area contributed by atoms with Gasteiger partial charge in [-0.3, -0.25) is 28.8 Å². The first-order chi connectivity index (χ1) is 64.7. The van der Waals surface area contributed by atoms with Gasteiger partial charge in [0.05, 0.1) is 93.5 Å². The second-order valence-electron chi connectivity index (χ2n) is 35.9. The van der Waals surface area contributed by atoms with Gasteiger partial charge >= 0.3 is 5.97 Å². The smallest absolute Gasteiger partial charge is 0.329 e. The summed E-state index contributed by atoms with van der Waals surface area (Å²) in [7, 11) is 4.58. The Balaban J connectivity index is 0.539. The SMILES string of the molecule is CO[C@H]1C[C@@H]2CC[C@@H](C)[C@@](O)(O2)C(=O)C(=O)N2CCCC[C@H]2C(=O)O[C@H]([C@H](N)C[C@@H]2CCC(n3nncc3-c3cccc(-c4cnc(N5CCN(C(=O)CCc6cn(CCOCCOCCOCCC(=O)NCCCCn7nc(-c8ccc9oc(N)nc9c8)c8c(N)ncnc87)nn6)CC5)nc4)c3)[C@H](OC)C2)CC(=O)[C@H](C)/C=C(\C)[C@@H](O)[C@@H](OC)C(=O)[C@H](C)C[C@H](C)/C=C/C=CC=C1C. The standard InChI is InChI=1S/C96H130N20O18/c1-59-18-11-10-12-19-60(2)79(126-7)52-71-27-23-64(6)96(125,134-71)89(122)92(123)114-33-15-13-22-75(114)93(124)132-80(53-77(117)61(3)47-63(5)87(121)88(128-9)86(120)62(4)46-59)72(97)48-65-24-28-74(81(49-65)127-8)116-76(56-105-109-116)67-21-17-20-66(50-67)69-54-101-95(102-55-69)112-37-35-111(36-38-112)83(119)30-26-70-57-113(110-107-70)39-41-130-43-45-131-44-42-129-40-31-82(118)100-32-14-16-34-115-91-84(90(98)103-58-104-91)85(108-115)68-25-29-78-73(51-68)106-94(99)133-78/h10-12,17-21,25,29,47,50-51,54-59,61-62,64-65,71-72,74-75,79-81,87-88,121,125H,13-16,22-24,26-28,30-46,48-49,52-53,97H2,1-9H3,(H2,99,106)(H,100,118)(H2,98,103,104)/b12-10?,18-11+,60-19?,63-47+/t59-,61-,62-,64-,65+,71+,72-,74?,75+,79+,80+,81-,87-,88+,96-/m1/s1. The summed E-state index contributed by atoms with van der Waals surface area (Å²) in [5.41, 5.74) is 27.6. The molecule has 722 valence electrons. The number of rotatable bonds is 31. The van der Waals surface area contributed by atoms with Crippen molar-refractivity contribution in [3.63, 3.8) is 0 Å². The number of nitrogens with zero attached hydrogens (tertiary/aromatic N) is 16. The highest BCUT2D eigenvalue weighted by Gasteiger charge is 2.53. The molecule has 0 spiro atoms. The van der Waals surface area contributed by atoms with Crippen molar-refractivity contribution in [2.45, 2.75) is 224 Å². The summed E-state index contributed by atoms with van der Waals surface area (Å²) in [6.07, 6.45) is 21.1. The number of aliphatic hydroxyl groups is 2. The number of ketones is 3. The largest absolute Gasteiger partial charge is 0.459 e. The molecule has 5 aliphatic rings. The molecule has 1 saturated carbocycles. The summed E-state index contributed by atoms with van der Waals surface area (Å²) in [6, 6.07) is 11.1. The summed E-state index contributed by atoms with van der Waals surface area (Å²) in [5.74, 6) is -7.77. The number of ether oxygens (including phenoxy) is 8. The number of carbonyl (C=O) groups excluding carboxylic acids is 7. The summed E-state index contributed by atoms with van der Waals surface area (Å²) in [6.45, 7) is 16.4. The zero-order valence-corrected chi connectivity index (χ0v) is 78.2. The van der Waals surface area contributed by atoms with E-state index in [1.807, 2.05) is 96.4 Å². The Morgan fingerprint density at radius 3 is 2.28 bits per heavy atom. The van der Waals surface area contributed by atoms with Crippen LogP contribution < -0.4 is 27.4 Å². The second kappa shape index (κ2) is 47.7. The molecule has 4 fully saturated rings. The minimum Gasteiger partial charge on any atom is -0.459 e. The van der Waals surface area contributed by atoms with Gasteiger partial charge in [-0.25, -0.2) is 38.8 Å². The molecule has 10 heterocycles. The van der Waals surface area contributed by atoms with E-state index in [1.165, 1.54) is 13.4 Å². The Morgan fingerprint density at radius 2 is 1.51 bits per heavy atom. The van der Waals surface area contributed by atoms with Crippen molar-refractivity contribution in [3.8, 4) is 33.6 Å². The molecule has 15 atom stereocenters. The first kappa shape index (κ1) is 100. The highest BCUT2D eigenvalue weighted by Crippen LogP contribution is 2.42. The average Bonchev–Trinajstić information content (AvgIpc) is 1.41. The van der Waals surface area contributed by atoms with E-state index in [-0.39, 0.29) is 98.6 Å². The van der Waals surface area contributed by atoms with Crippen molar-refractivity contribution in [3.05, 3.63) is 127 Å². The maximum atomic E-state index is 14.9. The van der Waals surface area contributed by atoms with Crippen molar-refractivity contribution in [2.75, 3.05) is 117 Å². The predicted octanol–water partition coefficient (Wildman–Crippen LogP) is 8.49. The number of carbonyl (C=O) groups is 7. The van der Waals surface area contributed by atoms with Crippen molar-refractivity contribution in [2.24, 2.45) is 35.3 Å². The van der Waals surface area contributed by atoms with Crippen LogP contribution in [0.5, 0.6) is 0 Å². The zero-order chi connectivity index (χ0) is 95.1. The second-order valence-corrected chi connectivity index (χ2v) is 35.9. The lowest BCUT2D eigenvalue weighted by Gasteiger charge is -2.42. The quantitative estimate of drug-likeness (QED) is 0.0103. The summed E-state index contributed by atoms with van der Waals surface area (Å²) >= 11 is 0. The lowest BCUT2D eigenvalue weighted by Crippen LogP contribution is -2.61. The Morgan fingerprint density at radius 1 is 0.746 bits per heavy atom. The Bertz CT molecular complexity index is 5430. The maximum absolute atomic E-state index is 14.9. The number of methoxy groups -OCH3 is 3. The fourth-order valence-electron chi connectivity index (χ4n) is 18.5. The minimum atomic E-state index is -2.50. The Kier molecular flexibility index (Phi) is 35.7. The number of fused-ring (bicyclic) bond motifs is 5. The number of hydrogen-bond donors (Lipinski definition) is 6. The highest BCUT2D eigenvalue weighted by atomic mass is 16.6. The molecule has 0 radical (unpaired) electrons. The number of hydrogen-bond acceptors (Lipinski definition) is 32. The lowest BCUT2D eigenvalue weighted by molar-refractivity contribution is -0.265. The molecule has 3 amide bonds. The normalized spacial score (nSPS) is 25.8. The molecule has 3 saturated heterocycles. The van der Waals surface area contributed by atoms with E-state index in [0.717, 1.165) is 44.8 Å². The van der Waals surface area contributed by atoms with E-state index in [9.17, 15) is 43.8 Å². The molecule has 13 rings (SSSR count). The number of anilines is 3. The number of esters is 1. The fourth-order valence-corrected chi connectivity index (χ4v) is 18.5. The number of cyclic esters (lactones) is 1. The number of piperidine rings is 1. The molecular formula is C96H130N20O18. The number of piperazine rings is 1. The first-order valence-corrected chi connectivity index (χ1v) is 46.8. The third-order valence-electron chi connectivity index (χ3n) is 26.4. The van der Waals surface area contributed by atoms with Crippen LogP contribution in [0, 0.1) is 29.6 Å². The number of nitrogen functional groups attached to an aromatic ring is 2. The van der Waals surface area contributed by atoms with E-state index < -0.39 is 83.8 Å². The molecule has 2 aromatic carbocycles. The van der Waals surface area contributed by atoms with Gasteiger partial charge in [0.15, 0.2) is 17.0 Å². The molecule has 38 heteroatoms. The number of aliphatic hydroxyl groups excluding tert-OH is 1. The zero-order valence-electron chi connectivity index (χ0n) is 78.2.